The fraction of sp³-hybridized carbons (Fsp3) is 0.982. The minimum Gasteiger partial charge on any atom is -0.465 e. The molecule has 2 unspecified atom stereocenters. The van der Waals surface area contributed by atoms with Crippen molar-refractivity contribution < 1.29 is 24.1 Å². The van der Waals surface area contributed by atoms with Crippen molar-refractivity contribution in [1.82, 2.24) is 9.80 Å². The van der Waals surface area contributed by atoms with Gasteiger partial charge in [0.2, 0.25) is 0 Å². The summed E-state index contributed by atoms with van der Waals surface area (Å²) in [4.78, 5) is 18.3. The van der Waals surface area contributed by atoms with Gasteiger partial charge in [-0.1, -0.05) is 175 Å². The zero-order chi connectivity index (χ0) is 45.9. The third-order valence-corrected chi connectivity index (χ3v) is 14.2. The number of ether oxygens (including phenoxy) is 3. The molecule has 7 nitrogen and oxygen atoms in total. The van der Waals surface area contributed by atoms with Crippen molar-refractivity contribution in [1.29, 1.82) is 0 Å². The van der Waals surface area contributed by atoms with E-state index in [9.17, 15) is 9.90 Å². The highest BCUT2D eigenvalue weighted by atomic mass is 16.7. The molecular weight excluding hydrogens is 781 g/mol. The first kappa shape index (κ1) is 60.3. The van der Waals surface area contributed by atoms with E-state index in [1.54, 1.807) is 0 Å². The highest BCUT2D eigenvalue weighted by Gasteiger charge is 2.26. The molecule has 0 aromatic heterocycles. The molecule has 1 aliphatic carbocycles. The number of hydrogen-bond acceptors (Lipinski definition) is 7. The van der Waals surface area contributed by atoms with Gasteiger partial charge in [0, 0.05) is 38.2 Å². The van der Waals surface area contributed by atoms with Gasteiger partial charge in [-0.25, -0.2) is 0 Å². The molecule has 0 spiro atoms. The van der Waals surface area contributed by atoms with Crippen molar-refractivity contribution in [2.24, 2.45) is 11.8 Å². The molecule has 0 aromatic rings. The smallest absolute Gasteiger partial charge is 0.305 e. The lowest BCUT2D eigenvalue weighted by molar-refractivity contribution is -0.145. The van der Waals surface area contributed by atoms with Gasteiger partial charge >= 0.3 is 5.97 Å². The van der Waals surface area contributed by atoms with Crippen LogP contribution in [0.3, 0.4) is 0 Å². The number of aliphatic hydroxyl groups is 1. The Morgan fingerprint density at radius 2 is 0.952 bits per heavy atom. The van der Waals surface area contributed by atoms with Crippen molar-refractivity contribution in [2.75, 3.05) is 52.8 Å². The summed E-state index contributed by atoms with van der Waals surface area (Å²) in [6.07, 6.45) is 44.1. The maximum atomic E-state index is 12.9. The van der Waals surface area contributed by atoms with E-state index < -0.39 is 0 Å². The second-order valence-corrected chi connectivity index (χ2v) is 20.5. The summed E-state index contributed by atoms with van der Waals surface area (Å²) >= 11 is 0. The SMILES string of the molecule is CCCCCCCCC(CCCCCC)COCOCCCCCCN(CCCCCC(=O)OCC(CCCCCC)CCCCCCCC)CCN(C(C)C)C1CCC(O)CC1. The molecule has 2 atom stereocenters. The lowest BCUT2D eigenvalue weighted by Gasteiger charge is -2.39. The van der Waals surface area contributed by atoms with Crippen LogP contribution in [0.2, 0.25) is 0 Å². The highest BCUT2D eigenvalue weighted by Crippen LogP contribution is 2.25. The average Bonchev–Trinajstić information content (AvgIpc) is 3.28. The summed E-state index contributed by atoms with van der Waals surface area (Å²) in [5, 5.41) is 10.2. The standard InChI is InChI=1S/C56H112N2O5/c1-7-11-15-19-21-28-35-52(34-26-17-13-9-3)48-62-50-61-47-33-24-23-31-43-57(45-46-58(51(5)6)54-39-41-55(59)42-40-54)44-32-25-30-38-56(60)63-49-53(36-27-18-14-10-4)37-29-22-20-16-12-8-2/h51-55,59H,7-50H2,1-6H3. The van der Waals surface area contributed by atoms with Crippen molar-refractivity contribution in [3.05, 3.63) is 0 Å². The molecule has 0 bridgehead atoms. The predicted molar refractivity (Wildman–Crippen MR) is 272 cm³/mol. The van der Waals surface area contributed by atoms with E-state index in [2.05, 4.69) is 51.3 Å². The fourth-order valence-electron chi connectivity index (χ4n) is 9.90. The molecule has 7 heteroatoms. The minimum absolute atomic E-state index is 0.0135. The van der Waals surface area contributed by atoms with Crippen molar-refractivity contribution in [2.45, 2.75) is 291 Å². The molecule has 0 aromatic carbocycles. The van der Waals surface area contributed by atoms with Gasteiger partial charge in [-0.15, -0.1) is 0 Å². The van der Waals surface area contributed by atoms with E-state index in [0.717, 1.165) is 90.8 Å². The van der Waals surface area contributed by atoms with E-state index >= 15 is 0 Å². The second kappa shape index (κ2) is 45.1. The van der Waals surface area contributed by atoms with Gasteiger partial charge in [0.15, 0.2) is 0 Å². The number of hydrogen-bond donors (Lipinski definition) is 1. The molecule has 1 N–H and O–H groups in total. The number of nitrogens with zero attached hydrogens (tertiary/aromatic N) is 2. The third kappa shape index (κ3) is 37.0. The van der Waals surface area contributed by atoms with Gasteiger partial charge in [0.25, 0.3) is 0 Å². The van der Waals surface area contributed by atoms with E-state index in [0.29, 0.717) is 43.7 Å². The minimum atomic E-state index is -0.110. The first-order chi connectivity index (χ1) is 30.8. The number of rotatable bonds is 48. The third-order valence-electron chi connectivity index (χ3n) is 14.2. The zero-order valence-electron chi connectivity index (χ0n) is 43.5. The molecular formula is C56H112N2O5. The maximum Gasteiger partial charge on any atom is 0.305 e. The largest absolute Gasteiger partial charge is 0.465 e. The van der Waals surface area contributed by atoms with E-state index in [-0.39, 0.29) is 12.1 Å². The normalized spacial score (nSPS) is 16.7. The van der Waals surface area contributed by atoms with Crippen LogP contribution >= 0.6 is 0 Å². The molecule has 1 fully saturated rings. The monoisotopic (exact) mass is 893 g/mol. The Morgan fingerprint density at radius 3 is 1.48 bits per heavy atom. The molecule has 376 valence electrons. The summed E-state index contributed by atoms with van der Waals surface area (Å²) in [5.74, 6) is 1.23. The molecule has 0 heterocycles. The number of carbonyl (C=O) groups excluding carboxylic acids is 1. The predicted octanol–water partition coefficient (Wildman–Crippen LogP) is 15.6. The summed E-state index contributed by atoms with van der Waals surface area (Å²) in [5.41, 5.74) is 0. The van der Waals surface area contributed by atoms with Crippen LogP contribution in [0, 0.1) is 11.8 Å². The van der Waals surface area contributed by atoms with Gasteiger partial charge < -0.3 is 24.2 Å². The van der Waals surface area contributed by atoms with Crippen LogP contribution in [0.25, 0.3) is 0 Å². The Morgan fingerprint density at radius 1 is 0.508 bits per heavy atom. The highest BCUT2D eigenvalue weighted by molar-refractivity contribution is 5.69. The van der Waals surface area contributed by atoms with Crippen molar-refractivity contribution >= 4 is 5.97 Å². The van der Waals surface area contributed by atoms with Gasteiger partial charge in [-0.3, -0.25) is 9.69 Å². The Balaban J connectivity index is 2.48. The van der Waals surface area contributed by atoms with Crippen LogP contribution in [-0.2, 0) is 19.0 Å². The molecule has 1 rings (SSSR count). The first-order valence-corrected chi connectivity index (χ1v) is 28.3. The van der Waals surface area contributed by atoms with E-state index in [1.807, 2.05) is 0 Å². The van der Waals surface area contributed by atoms with E-state index in [4.69, 9.17) is 14.2 Å². The first-order valence-electron chi connectivity index (χ1n) is 28.3. The molecule has 1 aliphatic rings. The second-order valence-electron chi connectivity index (χ2n) is 20.5. The summed E-state index contributed by atoms with van der Waals surface area (Å²) < 4.78 is 18.0. The number of aliphatic hydroxyl groups excluding tert-OH is 1. The van der Waals surface area contributed by atoms with Crippen LogP contribution in [0.4, 0.5) is 0 Å². The number of unbranched alkanes of at least 4 members (excludes halogenated alkanes) is 21. The number of esters is 1. The number of carbonyl (C=O) groups is 1. The zero-order valence-corrected chi connectivity index (χ0v) is 43.5. The Labute approximate surface area is 394 Å². The molecule has 1 saturated carbocycles. The summed E-state index contributed by atoms with van der Waals surface area (Å²) in [6.45, 7) is 21.0. The summed E-state index contributed by atoms with van der Waals surface area (Å²) in [7, 11) is 0. The topological polar surface area (TPSA) is 71.5 Å². The molecule has 0 amide bonds. The molecule has 0 saturated heterocycles. The van der Waals surface area contributed by atoms with Gasteiger partial charge in [0.1, 0.15) is 6.79 Å². The lowest BCUT2D eigenvalue weighted by atomic mass is 9.91. The molecule has 63 heavy (non-hydrogen) atoms. The van der Waals surface area contributed by atoms with Crippen molar-refractivity contribution in [3.8, 4) is 0 Å². The quantitative estimate of drug-likeness (QED) is 0.0371. The van der Waals surface area contributed by atoms with Crippen LogP contribution < -0.4 is 0 Å². The van der Waals surface area contributed by atoms with E-state index in [1.165, 1.54) is 173 Å². The lowest BCUT2D eigenvalue weighted by Crippen LogP contribution is -2.47. The van der Waals surface area contributed by atoms with Crippen LogP contribution in [0.1, 0.15) is 273 Å². The van der Waals surface area contributed by atoms with Crippen LogP contribution in [-0.4, -0.2) is 91.9 Å². The molecule has 0 radical (unpaired) electrons. The Kier molecular flexibility index (Phi) is 43.1. The Hall–Kier alpha value is -0.730. The van der Waals surface area contributed by atoms with Crippen LogP contribution in [0.5, 0.6) is 0 Å². The molecule has 0 aliphatic heterocycles. The fourth-order valence-corrected chi connectivity index (χ4v) is 9.90. The van der Waals surface area contributed by atoms with Gasteiger partial charge in [0.05, 0.1) is 19.3 Å². The summed E-state index contributed by atoms with van der Waals surface area (Å²) in [6, 6.07) is 1.10. The van der Waals surface area contributed by atoms with Crippen LogP contribution in [0.15, 0.2) is 0 Å². The van der Waals surface area contributed by atoms with Gasteiger partial charge in [-0.2, -0.15) is 0 Å². The average molecular weight is 894 g/mol. The van der Waals surface area contributed by atoms with Gasteiger partial charge in [-0.05, 0) is 116 Å². The Bertz CT molecular complexity index is 943. The maximum absolute atomic E-state index is 12.9. The van der Waals surface area contributed by atoms with Crippen molar-refractivity contribution in [3.63, 3.8) is 0 Å².